The number of aromatic hydroxyl groups is 1. The highest BCUT2D eigenvalue weighted by molar-refractivity contribution is 9.15. The summed E-state index contributed by atoms with van der Waals surface area (Å²) in [7, 11) is 0. The first-order chi connectivity index (χ1) is 14.5. The molecule has 1 N–H and O–H groups in total. The Labute approximate surface area is 182 Å². The Morgan fingerprint density at radius 2 is 1.93 bits per heavy atom. The Kier molecular flexibility index (Phi) is 4.70. The van der Waals surface area contributed by atoms with Crippen LogP contribution in [0.25, 0.3) is 10.1 Å². The molecule has 0 atom stereocenters. The Balaban J connectivity index is 1.57. The van der Waals surface area contributed by atoms with Crippen molar-refractivity contribution in [2.24, 2.45) is 0 Å². The van der Waals surface area contributed by atoms with E-state index in [9.17, 15) is 9.90 Å². The van der Waals surface area contributed by atoms with E-state index in [1.54, 1.807) is 23.1 Å². The number of amides is 1. The average Bonchev–Trinajstić information content (AvgIpc) is 3.49. The highest BCUT2D eigenvalue weighted by Gasteiger charge is 2.33. The minimum absolute atomic E-state index is 0.0990. The molecule has 3 aromatic rings. The molecule has 0 spiro atoms. The molecule has 0 unspecified atom stereocenters. The number of aromatic nitrogens is 2. The first-order valence-electron chi connectivity index (χ1n) is 9.91. The fourth-order valence-corrected chi connectivity index (χ4v) is 4.27. The van der Waals surface area contributed by atoms with Gasteiger partial charge in [-0.15, -0.1) is 10.2 Å². The Bertz CT molecular complexity index is 1160. The van der Waals surface area contributed by atoms with Crippen LogP contribution in [0.3, 0.4) is 0 Å². The molecule has 0 bridgehead atoms. The normalized spacial score (nSPS) is 16.6. The van der Waals surface area contributed by atoms with Crippen molar-refractivity contribution in [3.8, 4) is 5.75 Å². The summed E-state index contributed by atoms with van der Waals surface area (Å²) < 4.78 is 6.62. The van der Waals surface area contributed by atoms with Crippen LogP contribution in [0.1, 0.15) is 53.7 Å². The molecule has 1 aliphatic carbocycles. The van der Waals surface area contributed by atoms with E-state index >= 15 is 0 Å². The molecular formula is C23H20BrN3O3. The second-order valence-corrected chi connectivity index (χ2v) is 8.65. The van der Waals surface area contributed by atoms with Gasteiger partial charge in [0.2, 0.25) is 17.7 Å². The predicted molar refractivity (Wildman–Crippen MR) is 117 cm³/mol. The molecule has 1 aromatic heterocycles. The third-order valence-corrected chi connectivity index (χ3v) is 6.40. The maximum absolute atomic E-state index is 13.3. The van der Waals surface area contributed by atoms with Gasteiger partial charge in [0.25, 0.3) is 0 Å². The summed E-state index contributed by atoms with van der Waals surface area (Å²) in [6.07, 6.45) is 2.24. The largest absolute Gasteiger partial charge is 0.508 e. The zero-order valence-electron chi connectivity index (χ0n) is 16.4. The number of nitrogens with zero attached hydrogens (tertiary/aromatic N) is 3. The van der Waals surface area contributed by atoms with E-state index in [1.165, 1.54) is 0 Å². The number of phenols is 1. The molecule has 2 heterocycles. The maximum Gasteiger partial charge on any atom is 0.245 e. The van der Waals surface area contributed by atoms with Crippen molar-refractivity contribution in [1.82, 2.24) is 10.2 Å². The zero-order valence-corrected chi connectivity index (χ0v) is 18.0. The lowest BCUT2D eigenvalue weighted by molar-refractivity contribution is -0.117. The Hall–Kier alpha value is -2.93. The summed E-state index contributed by atoms with van der Waals surface area (Å²) in [6, 6.07) is 13.1. The van der Waals surface area contributed by atoms with Crippen LogP contribution in [0, 0.1) is 6.92 Å². The van der Waals surface area contributed by atoms with Gasteiger partial charge in [-0.3, -0.25) is 4.79 Å². The first-order valence-corrected chi connectivity index (χ1v) is 10.7. The topological polar surface area (TPSA) is 79.5 Å². The summed E-state index contributed by atoms with van der Waals surface area (Å²) in [4.78, 5) is 15.0. The van der Waals surface area contributed by atoms with Gasteiger partial charge in [-0.05, 0) is 53.4 Å². The number of anilines is 1. The van der Waals surface area contributed by atoms with Crippen molar-refractivity contribution in [3.05, 3.63) is 70.9 Å². The molecule has 0 saturated heterocycles. The lowest BCUT2D eigenvalue weighted by Gasteiger charge is -2.23. The van der Waals surface area contributed by atoms with E-state index in [-0.39, 0.29) is 18.1 Å². The molecule has 7 heteroatoms. The molecule has 1 amide bonds. The summed E-state index contributed by atoms with van der Waals surface area (Å²) in [5, 5.41) is 18.5. The number of carbonyl (C=O) groups is 1. The van der Waals surface area contributed by atoms with Crippen molar-refractivity contribution in [3.63, 3.8) is 0 Å². The molecule has 1 aliphatic heterocycles. The zero-order chi connectivity index (χ0) is 20.8. The van der Waals surface area contributed by atoms with Gasteiger partial charge in [-0.2, -0.15) is 0 Å². The van der Waals surface area contributed by atoms with Gasteiger partial charge in [0.1, 0.15) is 5.75 Å². The Morgan fingerprint density at radius 1 is 1.17 bits per heavy atom. The molecule has 30 heavy (non-hydrogen) atoms. The van der Waals surface area contributed by atoms with Crippen LogP contribution >= 0.6 is 15.9 Å². The van der Waals surface area contributed by atoms with Crippen LogP contribution in [0.4, 0.5) is 5.69 Å². The van der Waals surface area contributed by atoms with Crippen molar-refractivity contribution in [2.45, 2.75) is 38.6 Å². The fourth-order valence-electron chi connectivity index (χ4n) is 3.62. The molecule has 1 saturated carbocycles. The van der Waals surface area contributed by atoms with Gasteiger partial charge in [0, 0.05) is 27.6 Å². The van der Waals surface area contributed by atoms with Crippen molar-refractivity contribution in [2.75, 3.05) is 4.90 Å². The molecule has 6 nitrogen and oxygen atoms in total. The number of aryl methyl sites for hydroxylation is 1. The van der Waals surface area contributed by atoms with Crippen LogP contribution in [0.2, 0.25) is 0 Å². The number of carbonyl (C=O) groups excluding carboxylic acids is 1. The van der Waals surface area contributed by atoms with Gasteiger partial charge in [-0.25, -0.2) is 0 Å². The van der Waals surface area contributed by atoms with E-state index in [0.29, 0.717) is 35.5 Å². The minimum Gasteiger partial charge on any atom is -0.508 e. The van der Waals surface area contributed by atoms with E-state index < -0.39 is 0 Å². The predicted octanol–water partition coefficient (Wildman–Crippen LogP) is 5.16. The standard InChI is InChI=1S/C23H20BrN3O3/c1-13-2-4-14(5-3-13)12-27-19-10-16(28)8-9-17(19)21(24)18(11-20(27)29)23-26-25-22(30-23)15-6-7-15/h2-5,8-10,15,28H,6-7,11-12H2,1H3. The number of hydrogen-bond donors (Lipinski definition) is 1. The molecule has 5 rings (SSSR count). The SMILES string of the molecule is Cc1ccc(CN2C(=O)CC(c3nnc(C4CC4)o3)=C(Br)c3ccc(O)cc32)cc1. The van der Waals surface area contributed by atoms with E-state index in [0.717, 1.165) is 34.0 Å². The number of benzene rings is 2. The summed E-state index contributed by atoms with van der Waals surface area (Å²) in [5.41, 5.74) is 4.28. The van der Waals surface area contributed by atoms with Gasteiger partial charge in [0.15, 0.2) is 0 Å². The number of phenolic OH excluding ortho intramolecular Hbond substituents is 1. The number of fused-ring (bicyclic) bond motifs is 1. The third kappa shape index (κ3) is 3.54. The van der Waals surface area contributed by atoms with Gasteiger partial charge in [-0.1, -0.05) is 29.8 Å². The number of rotatable bonds is 4. The van der Waals surface area contributed by atoms with E-state index in [4.69, 9.17) is 4.42 Å². The molecule has 0 radical (unpaired) electrons. The Morgan fingerprint density at radius 3 is 2.67 bits per heavy atom. The third-order valence-electron chi connectivity index (χ3n) is 5.49. The summed E-state index contributed by atoms with van der Waals surface area (Å²) >= 11 is 3.67. The van der Waals surface area contributed by atoms with Crippen LogP contribution in [-0.2, 0) is 11.3 Å². The van der Waals surface area contributed by atoms with E-state index in [1.807, 2.05) is 31.2 Å². The lowest BCUT2D eigenvalue weighted by atomic mass is 10.1. The van der Waals surface area contributed by atoms with E-state index in [2.05, 4.69) is 26.1 Å². The summed E-state index contributed by atoms with van der Waals surface area (Å²) in [6.45, 7) is 2.43. The monoisotopic (exact) mass is 465 g/mol. The van der Waals surface area contributed by atoms with Crippen LogP contribution < -0.4 is 4.90 Å². The number of hydrogen-bond acceptors (Lipinski definition) is 5. The average molecular weight is 466 g/mol. The minimum atomic E-state index is -0.0990. The molecule has 1 fully saturated rings. The molecule has 2 aromatic carbocycles. The van der Waals surface area contributed by atoms with Gasteiger partial charge in [0.05, 0.1) is 18.7 Å². The smallest absolute Gasteiger partial charge is 0.245 e. The second-order valence-electron chi connectivity index (χ2n) is 7.86. The van der Waals surface area contributed by atoms with Crippen LogP contribution in [-0.4, -0.2) is 21.2 Å². The van der Waals surface area contributed by atoms with Crippen molar-refractivity contribution < 1.29 is 14.3 Å². The molecule has 152 valence electrons. The first kappa shape index (κ1) is 19.1. The van der Waals surface area contributed by atoms with Crippen LogP contribution in [0.5, 0.6) is 5.75 Å². The second kappa shape index (κ2) is 7.40. The van der Waals surface area contributed by atoms with Crippen LogP contribution in [0.15, 0.2) is 46.9 Å². The highest BCUT2D eigenvalue weighted by atomic mass is 79.9. The number of halogens is 1. The molecular weight excluding hydrogens is 446 g/mol. The van der Waals surface area contributed by atoms with Gasteiger partial charge < -0.3 is 14.4 Å². The highest BCUT2D eigenvalue weighted by Crippen LogP contribution is 2.44. The molecule has 2 aliphatic rings. The van der Waals surface area contributed by atoms with Gasteiger partial charge >= 0.3 is 0 Å². The summed E-state index contributed by atoms with van der Waals surface area (Å²) in [5.74, 6) is 1.35. The quantitative estimate of drug-likeness (QED) is 0.575. The fraction of sp³-hybridized carbons (Fsp3) is 0.261. The lowest BCUT2D eigenvalue weighted by Crippen LogP contribution is -2.30. The van der Waals surface area contributed by atoms with Crippen molar-refractivity contribution in [1.29, 1.82) is 0 Å². The van der Waals surface area contributed by atoms with Crippen molar-refractivity contribution >= 4 is 37.6 Å². The maximum atomic E-state index is 13.3.